The van der Waals surface area contributed by atoms with Gasteiger partial charge < -0.3 is 6.15 Å². The molecule has 4 heteroatoms. The Balaban J connectivity index is -0.000000270. The van der Waals surface area contributed by atoms with E-state index in [1.165, 1.54) is 5.56 Å². The number of benzene rings is 1. The molecule has 72 valence electrons. The van der Waals surface area contributed by atoms with Crippen LogP contribution in [0, 0.1) is 0 Å². The minimum atomic E-state index is 0. The van der Waals surface area contributed by atoms with Gasteiger partial charge in [-0.25, -0.2) is 0 Å². The van der Waals surface area contributed by atoms with E-state index in [1.54, 1.807) is 0 Å². The Kier molecular flexibility index (Phi) is 14.0. The summed E-state index contributed by atoms with van der Waals surface area (Å²) in [5.74, 6) is 0. The molecule has 0 bridgehead atoms. The van der Waals surface area contributed by atoms with E-state index in [4.69, 9.17) is 0 Å². The molecule has 3 N–H and O–H groups in total. The third-order valence-electron chi connectivity index (χ3n) is 1.33. The van der Waals surface area contributed by atoms with E-state index in [-0.39, 0.29) is 31.0 Å². The fourth-order valence-electron chi connectivity index (χ4n) is 0.757. The first-order chi connectivity index (χ1) is 4.30. The predicted octanol–water partition coefficient (Wildman–Crippen LogP) is 3.63. The molecule has 0 spiro atoms. The first kappa shape index (κ1) is 18.1. The summed E-state index contributed by atoms with van der Waals surface area (Å²) in [6.45, 7) is 2.17. The lowest BCUT2D eigenvalue weighted by Crippen LogP contribution is -1.79. The molecule has 1 rings (SSSR count). The first-order valence-electron chi connectivity index (χ1n) is 3.11. The van der Waals surface area contributed by atoms with Gasteiger partial charge in [-0.1, -0.05) is 37.3 Å². The molecule has 0 fully saturated rings. The molecule has 0 heterocycles. The second-order valence-corrected chi connectivity index (χ2v) is 3.20. The van der Waals surface area contributed by atoms with E-state index < -0.39 is 0 Å². The maximum Gasteiger partial charge on any atom is -0.00428 e. The van der Waals surface area contributed by atoms with Gasteiger partial charge in [-0.3, -0.25) is 0 Å². The largest absolute Gasteiger partial charge is 0.344 e. The van der Waals surface area contributed by atoms with Gasteiger partial charge in [0, 0.05) is 0 Å². The van der Waals surface area contributed by atoms with Crippen LogP contribution in [0.4, 0.5) is 0 Å². The SMILES string of the molecule is CC(P)c1ccccc1.Cl.Cl.N. The molecule has 0 radical (unpaired) electrons. The third-order valence-corrected chi connectivity index (χ3v) is 1.71. The second-order valence-electron chi connectivity index (χ2n) is 2.20. The lowest BCUT2D eigenvalue weighted by Gasteiger charge is -2.01. The zero-order valence-electron chi connectivity index (χ0n) is 7.07. The highest BCUT2D eigenvalue weighted by Gasteiger charge is 1.93. The van der Waals surface area contributed by atoms with Gasteiger partial charge in [0.05, 0.1) is 0 Å². The normalized spacial score (nSPS) is 9.83. The Bertz CT molecular complexity index is 180. The van der Waals surface area contributed by atoms with Gasteiger partial charge in [-0.05, 0) is 11.2 Å². The molecule has 0 aliphatic heterocycles. The average Bonchev–Trinajstić information content (AvgIpc) is 1.90. The molecule has 0 aliphatic rings. The van der Waals surface area contributed by atoms with Crippen molar-refractivity contribution >= 4 is 34.1 Å². The van der Waals surface area contributed by atoms with E-state index >= 15 is 0 Å². The van der Waals surface area contributed by atoms with E-state index in [0.29, 0.717) is 5.66 Å². The molecule has 0 saturated carbocycles. The number of hydrogen-bond donors (Lipinski definition) is 1. The van der Waals surface area contributed by atoms with Crippen LogP contribution in [0.5, 0.6) is 0 Å². The van der Waals surface area contributed by atoms with Crippen LogP contribution in [0.2, 0.25) is 0 Å². The summed E-state index contributed by atoms with van der Waals surface area (Å²) in [5.41, 5.74) is 1.95. The van der Waals surface area contributed by atoms with Crippen molar-refractivity contribution in [3.05, 3.63) is 35.9 Å². The van der Waals surface area contributed by atoms with Crippen molar-refractivity contribution in [1.29, 1.82) is 0 Å². The van der Waals surface area contributed by atoms with Crippen LogP contribution in [0.15, 0.2) is 30.3 Å². The molecule has 0 aliphatic carbocycles. The van der Waals surface area contributed by atoms with Crippen molar-refractivity contribution in [2.45, 2.75) is 12.6 Å². The summed E-state index contributed by atoms with van der Waals surface area (Å²) < 4.78 is 0. The van der Waals surface area contributed by atoms with E-state index in [0.717, 1.165) is 0 Å². The molecular formula is C8H16Cl2NP. The van der Waals surface area contributed by atoms with Crippen LogP contribution in [0.25, 0.3) is 0 Å². The molecule has 0 amide bonds. The molecule has 0 saturated heterocycles. The van der Waals surface area contributed by atoms with Gasteiger partial charge in [0.2, 0.25) is 0 Å². The maximum absolute atomic E-state index is 2.77. The molecule has 1 aromatic rings. The molecule has 1 nitrogen and oxygen atoms in total. The Morgan fingerprint density at radius 2 is 1.50 bits per heavy atom. The molecule has 2 unspecified atom stereocenters. The second kappa shape index (κ2) is 9.28. The molecule has 12 heavy (non-hydrogen) atoms. The van der Waals surface area contributed by atoms with E-state index in [1.807, 2.05) is 6.07 Å². The van der Waals surface area contributed by atoms with Crippen LogP contribution >= 0.6 is 34.1 Å². The fraction of sp³-hybridized carbons (Fsp3) is 0.250. The highest BCUT2D eigenvalue weighted by molar-refractivity contribution is 7.17. The van der Waals surface area contributed by atoms with Crippen LogP contribution in [0.3, 0.4) is 0 Å². The summed E-state index contributed by atoms with van der Waals surface area (Å²) in [6, 6.07) is 10.4. The minimum Gasteiger partial charge on any atom is -0.344 e. The van der Waals surface area contributed by atoms with Crippen molar-refractivity contribution < 1.29 is 0 Å². The van der Waals surface area contributed by atoms with Crippen LogP contribution in [0.1, 0.15) is 18.1 Å². The Hall–Kier alpha value is 0.190. The average molecular weight is 228 g/mol. The maximum atomic E-state index is 2.77. The quantitative estimate of drug-likeness (QED) is 0.732. The summed E-state index contributed by atoms with van der Waals surface area (Å²) in [5, 5.41) is 0. The smallest absolute Gasteiger partial charge is 0.00428 e. The number of rotatable bonds is 1. The first-order valence-corrected chi connectivity index (χ1v) is 3.78. The van der Waals surface area contributed by atoms with Gasteiger partial charge in [0.1, 0.15) is 0 Å². The zero-order chi connectivity index (χ0) is 6.69. The van der Waals surface area contributed by atoms with Crippen molar-refractivity contribution in [2.75, 3.05) is 0 Å². The lowest BCUT2D eigenvalue weighted by molar-refractivity contribution is 1.10. The Morgan fingerprint density at radius 1 is 1.08 bits per heavy atom. The third kappa shape index (κ3) is 5.79. The fourth-order valence-corrected chi connectivity index (χ4v) is 0.979. The van der Waals surface area contributed by atoms with Gasteiger partial charge in [-0.2, -0.15) is 0 Å². The molecular weight excluding hydrogens is 212 g/mol. The number of hydrogen-bond acceptors (Lipinski definition) is 1. The van der Waals surface area contributed by atoms with Crippen LogP contribution in [-0.2, 0) is 0 Å². The van der Waals surface area contributed by atoms with Crippen molar-refractivity contribution in [2.24, 2.45) is 0 Å². The van der Waals surface area contributed by atoms with E-state index in [2.05, 4.69) is 40.4 Å². The zero-order valence-corrected chi connectivity index (χ0v) is 9.85. The molecule has 2 atom stereocenters. The van der Waals surface area contributed by atoms with Crippen molar-refractivity contribution in [3.8, 4) is 0 Å². The van der Waals surface area contributed by atoms with Gasteiger partial charge in [-0.15, -0.1) is 34.1 Å². The van der Waals surface area contributed by atoms with E-state index in [9.17, 15) is 0 Å². The topological polar surface area (TPSA) is 35.0 Å². The minimum absolute atomic E-state index is 0. The summed E-state index contributed by atoms with van der Waals surface area (Å²) in [7, 11) is 2.77. The van der Waals surface area contributed by atoms with Gasteiger partial charge in [0.25, 0.3) is 0 Å². The monoisotopic (exact) mass is 227 g/mol. The summed E-state index contributed by atoms with van der Waals surface area (Å²) >= 11 is 0. The van der Waals surface area contributed by atoms with Gasteiger partial charge >= 0.3 is 0 Å². The Labute approximate surface area is 88.9 Å². The van der Waals surface area contributed by atoms with Gasteiger partial charge in [0.15, 0.2) is 0 Å². The lowest BCUT2D eigenvalue weighted by atomic mass is 10.2. The molecule has 1 aromatic carbocycles. The summed E-state index contributed by atoms with van der Waals surface area (Å²) in [6.07, 6.45) is 0. The van der Waals surface area contributed by atoms with Crippen molar-refractivity contribution in [1.82, 2.24) is 6.15 Å². The van der Waals surface area contributed by atoms with Crippen LogP contribution in [-0.4, -0.2) is 0 Å². The number of halogens is 2. The van der Waals surface area contributed by atoms with Crippen molar-refractivity contribution in [3.63, 3.8) is 0 Å². The van der Waals surface area contributed by atoms with Crippen LogP contribution < -0.4 is 6.15 Å². The summed E-state index contributed by atoms with van der Waals surface area (Å²) in [4.78, 5) is 0. The molecule has 0 aromatic heterocycles. The highest BCUT2D eigenvalue weighted by atomic mass is 35.5. The Morgan fingerprint density at radius 3 is 1.75 bits per heavy atom. The predicted molar refractivity (Wildman–Crippen MR) is 64.1 cm³/mol. The standard InChI is InChI=1S/C8H11P.2ClH.H3N/c1-7(9)8-5-3-2-4-6-8;;;/h2-7H,9H2,1H3;2*1H;1H3. The highest BCUT2D eigenvalue weighted by Crippen LogP contribution is 2.20.